The lowest BCUT2D eigenvalue weighted by Crippen LogP contribution is -2.49. The molecule has 0 bridgehead atoms. The van der Waals surface area contributed by atoms with E-state index in [4.69, 9.17) is 10.5 Å². The minimum absolute atomic E-state index is 0.387. The summed E-state index contributed by atoms with van der Waals surface area (Å²) >= 11 is 0. The Bertz CT molecular complexity index is 596. The first kappa shape index (κ1) is 14.9. The quantitative estimate of drug-likeness (QED) is 0.857. The fraction of sp³-hybridized carbons (Fsp3) is 0.235. The number of para-hydroxylation sites is 1. The van der Waals surface area contributed by atoms with Crippen molar-refractivity contribution < 1.29 is 9.53 Å². The van der Waals surface area contributed by atoms with E-state index in [2.05, 4.69) is 5.32 Å². The Morgan fingerprint density at radius 1 is 1.14 bits per heavy atom. The van der Waals surface area contributed by atoms with Gasteiger partial charge in [0.05, 0.1) is 7.11 Å². The number of rotatable bonds is 6. The van der Waals surface area contributed by atoms with Gasteiger partial charge in [0.25, 0.3) is 0 Å². The SMILES string of the molecule is COc1ccc(CC(C)(Nc2ccccc2)C(N)=O)cc1. The van der Waals surface area contributed by atoms with Gasteiger partial charge in [-0.05, 0) is 36.8 Å². The molecule has 0 aliphatic carbocycles. The molecule has 3 N–H and O–H groups in total. The van der Waals surface area contributed by atoms with Gasteiger partial charge in [-0.3, -0.25) is 4.79 Å². The maximum atomic E-state index is 11.9. The van der Waals surface area contributed by atoms with Crippen LogP contribution in [0, 0.1) is 0 Å². The molecule has 1 unspecified atom stereocenters. The third kappa shape index (κ3) is 3.75. The van der Waals surface area contributed by atoms with E-state index in [1.807, 2.05) is 61.5 Å². The Kier molecular flexibility index (Phi) is 4.48. The third-order valence-electron chi connectivity index (χ3n) is 3.45. The summed E-state index contributed by atoms with van der Waals surface area (Å²) in [6.45, 7) is 1.81. The number of primary amides is 1. The summed E-state index contributed by atoms with van der Waals surface area (Å²) in [5.74, 6) is 0.401. The van der Waals surface area contributed by atoms with Crippen LogP contribution in [0.3, 0.4) is 0 Å². The van der Waals surface area contributed by atoms with E-state index < -0.39 is 5.54 Å². The summed E-state index contributed by atoms with van der Waals surface area (Å²) < 4.78 is 5.14. The molecule has 4 nitrogen and oxygen atoms in total. The van der Waals surface area contributed by atoms with E-state index in [1.165, 1.54) is 0 Å². The summed E-state index contributed by atoms with van der Waals surface area (Å²) in [6.07, 6.45) is 0.501. The molecule has 0 saturated heterocycles. The smallest absolute Gasteiger partial charge is 0.243 e. The van der Waals surface area contributed by atoms with Gasteiger partial charge >= 0.3 is 0 Å². The van der Waals surface area contributed by atoms with Gasteiger partial charge in [0.15, 0.2) is 0 Å². The van der Waals surface area contributed by atoms with Crippen LogP contribution >= 0.6 is 0 Å². The molecular weight excluding hydrogens is 264 g/mol. The van der Waals surface area contributed by atoms with Crippen LogP contribution in [0.15, 0.2) is 54.6 Å². The van der Waals surface area contributed by atoms with Crippen molar-refractivity contribution in [2.45, 2.75) is 18.9 Å². The zero-order chi connectivity index (χ0) is 15.3. The Labute approximate surface area is 124 Å². The van der Waals surface area contributed by atoms with Gasteiger partial charge in [0, 0.05) is 12.1 Å². The topological polar surface area (TPSA) is 64.3 Å². The predicted octanol–water partition coefficient (Wildman–Crippen LogP) is 2.59. The van der Waals surface area contributed by atoms with Crippen molar-refractivity contribution in [2.24, 2.45) is 5.73 Å². The van der Waals surface area contributed by atoms with Crippen LogP contribution in [0.2, 0.25) is 0 Å². The molecule has 21 heavy (non-hydrogen) atoms. The van der Waals surface area contributed by atoms with Crippen molar-refractivity contribution in [3.63, 3.8) is 0 Å². The second kappa shape index (κ2) is 6.31. The van der Waals surface area contributed by atoms with Gasteiger partial charge in [-0.15, -0.1) is 0 Å². The van der Waals surface area contributed by atoms with Crippen LogP contribution in [0.1, 0.15) is 12.5 Å². The maximum absolute atomic E-state index is 11.9. The highest BCUT2D eigenvalue weighted by Gasteiger charge is 2.31. The number of ether oxygens (including phenoxy) is 1. The average molecular weight is 284 g/mol. The Balaban J connectivity index is 2.19. The highest BCUT2D eigenvalue weighted by atomic mass is 16.5. The van der Waals surface area contributed by atoms with E-state index in [1.54, 1.807) is 7.11 Å². The molecule has 2 aromatic rings. The number of hydrogen-bond acceptors (Lipinski definition) is 3. The largest absolute Gasteiger partial charge is 0.497 e. The number of methoxy groups -OCH3 is 1. The van der Waals surface area contributed by atoms with E-state index in [-0.39, 0.29) is 5.91 Å². The van der Waals surface area contributed by atoms with Gasteiger partial charge < -0.3 is 15.8 Å². The lowest BCUT2D eigenvalue weighted by atomic mass is 9.91. The highest BCUT2D eigenvalue weighted by molar-refractivity contribution is 5.87. The molecule has 0 radical (unpaired) electrons. The zero-order valence-electron chi connectivity index (χ0n) is 12.3. The van der Waals surface area contributed by atoms with Crippen molar-refractivity contribution in [3.8, 4) is 5.75 Å². The summed E-state index contributed by atoms with van der Waals surface area (Å²) in [5, 5.41) is 3.23. The van der Waals surface area contributed by atoms with Gasteiger partial charge in [-0.1, -0.05) is 30.3 Å². The molecule has 0 aliphatic rings. The Morgan fingerprint density at radius 3 is 2.29 bits per heavy atom. The molecule has 0 spiro atoms. The predicted molar refractivity (Wildman–Crippen MR) is 84.4 cm³/mol. The number of nitrogens with two attached hydrogens (primary N) is 1. The van der Waals surface area contributed by atoms with Gasteiger partial charge in [0.1, 0.15) is 11.3 Å². The van der Waals surface area contributed by atoms with E-state index in [0.717, 1.165) is 17.0 Å². The second-order valence-electron chi connectivity index (χ2n) is 5.21. The van der Waals surface area contributed by atoms with Crippen molar-refractivity contribution in [2.75, 3.05) is 12.4 Å². The van der Waals surface area contributed by atoms with Crippen molar-refractivity contribution >= 4 is 11.6 Å². The summed E-state index contributed by atoms with van der Waals surface area (Å²) in [5.41, 5.74) is 6.63. The van der Waals surface area contributed by atoms with Crippen LogP contribution in [-0.4, -0.2) is 18.6 Å². The number of anilines is 1. The Hall–Kier alpha value is -2.49. The van der Waals surface area contributed by atoms with Crippen molar-refractivity contribution in [3.05, 3.63) is 60.2 Å². The fourth-order valence-electron chi connectivity index (χ4n) is 2.18. The molecule has 0 heterocycles. The first-order chi connectivity index (χ1) is 10.0. The maximum Gasteiger partial charge on any atom is 0.243 e. The molecule has 0 aromatic heterocycles. The molecule has 1 atom stereocenters. The van der Waals surface area contributed by atoms with Crippen LogP contribution in [-0.2, 0) is 11.2 Å². The van der Waals surface area contributed by atoms with Crippen LogP contribution in [0.4, 0.5) is 5.69 Å². The summed E-state index contributed by atoms with van der Waals surface area (Å²) in [6, 6.07) is 17.2. The lowest BCUT2D eigenvalue weighted by Gasteiger charge is -2.29. The summed E-state index contributed by atoms with van der Waals surface area (Å²) in [7, 11) is 1.62. The fourth-order valence-corrected chi connectivity index (χ4v) is 2.18. The van der Waals surface area contributed by atoms with Gasteiger partial charge in [-0.25, -0.2) is 0 Å². The van der Waals surface area contributed by atoms with E-state index >= 15 is 0 Å². The molecule has 110 valence electrons. The molecule has 4 heteroatoms. The van der Waals surface area contributed by atoms with Crippen molar-refractivity contribution in [1.82, 2.24) is 0 Å². The summed E-state index contributed by atoms with van der Waals surface area (Å²) in [4.78, 5) is 11.9. The molecule has 1 amide bonds. The first-order valence-electron chi connectivity index (χ1n) is 6.79. The zero-order valence-corrected chi connectivity index (χ0v) is 12.3. The van der Waals surface area contributed by atoms with Crippen molar-refractivity contribution in [1.29, 1.82) is 0 Å². The monoisotopic (exact) mass is 284 g/mol. The van der Waals surface area contributed by atoms with Gasteiger partial charge in [0.2, 0.25) is 5.91 Å². The minimum atomic E-state index is -0.851. The van der Waals surface area contributed by atoms with Gasteiger partial charge in [-0.2, -0.15) is 0 Å². The molecule has 2 rings (SSSR count). The second-order valence-corrected chi connectivity index (χ2v) is 5.21. The lowest BCUT2D eigenvalue weighted by molar-refractivity contribution is -0.121. The number of carbonyl (C=O) groups is 1. The molecule has 0 aliphatic heterocycles. The van der Waals surface area contributed by atoms with Crippen LogP contribution in [0.25, 0.3) is 0 Å². The number of carbonyl (C=O) groups excluding carboxylic acids is 1. The van der Waals surface area contributed by atoms with E-state index in [9.17, 15) is 4.79 Å². The van der Waals surface area contributed by atoms with E-state index in [0.29, 0.717) is 6.42 Å². The molecule has 2 aromatic carbocycles. The third-order valence-corrected chi connectivity index (χ3v) is 3.45. The number of benzene rings is 2. The molecular formula is C17H20N2O2. The molecule has 0 saturated carbocycles. The standard InChI is InChI=1S/C17H20N2O2/c1-17(16(18)20,19-14-6-4-3-5-7-14)12-13-8-10-15(21-2)11-9-13/h3-11,19H,12H2,1-2H3,(H2,18,20). The minimum Gasteiger partial charge on any atom is -0.497 e. The van der Waals surface area contributed by atoms with Crippen LogP contribution in [0.5, 0.6) is 5.75 Å². The number of nitrogens with one attached hydrogen (secondary N) is 1. The number of hydrogen-bond donors (Lipinski definition) is 2. The highest BCUT2D eigenvalue weighted by Crippen LogP contribution is 2.21. The number of amides is 1. The Morgan fingerprint density at radius 2 is 1.76 bits per heavy atom. The first-order valence-corrected chi connectivity index (χ1v) is 6.79. The molecule has 0 fully saturated rings. The normalized spacial score (nSPS) is 13.2. The van der Waals surface area contributed by atoms with Crippen LogP contribution < -0.4 is 15.8 Å². The average Bonchev–Trinajstić information content (AvgIpc) is 2.49.